The summed E-state index contributed by atoms with van der Waals surface area (Å²) in [5.41, 5.74) is 1.98. The van der Waals surface area contributed by atoms with Crippen molar-refractivity contribution in [1.29, 1.82) is 0 Å². The molecule has 0 aromatic carbocycles. The molecule has 0 aliphatic heterocycles. The summed E-state index contributed by atoms with van der Waals surface area (Å²) in [7, 11) is 0. The van der Waals surface area contributed by atoms with Crippen molar-refractivity contribution in [3.63, 3.8) is 0 Å². The Hall–Kier alpha value is -0.650. The maximum absolute atomic E-state index is 5.43. The number of oxazole rings is 1. The van der Waals surface area contributed by atoms with Gasteiger partial charge in [0.25, 0.3) is 0 Å². The fourth-order valence-electron chi connectivity index (χ4n) is 1.34. The SMILES string of the molecule is CCCNCc1coc(-c2csc(Br)c2)n1. The van der Waals surface area contributed by atoms with E-state index in [2.05, 4.69) is 33.2 Å². The zero-order chi connectivity index (χ0) is 11.4. The average Bonchev–Trinajstić information content (AvgIpc) is 2.87. The van der Waals surface area contributed by atoms with Gasteiger partial charge in [-0.05, 0) is 35.0 Å². The lowest BCUT2D eigenvalue weighted by Crippen LogP contribution is -2.13. The molecule has 0 saturated heterocycles. The van der Waals surface area contributed by atoms with Crippen LogP contribution in [0.2, 0.25) is 0 Å². The quantitative estimate of drug-likeness (QED) is 0.856. The van der Waals surface area contributed by atoms with E-state index >= 15 is 0 Å². The highest BCUT2D eigenvalue weighted by Gasteiger charge is 2.07. The summed E-state index contributed by atoms with van der Waals surface area (Å²) in [5.74, 6) is 0.690. The van der Waals surface area contributed by atoms with Gasteiger partial charge in [-0.1, -0.05) is 6.92 Å². The lowest BCUT2D eigenvalue weighted by atomic mass is 10.3. The summed E-state index contributed by atoms with van der Waals surface area (Å²) < 4.78 is 6.52. The summed E-state index contributed by atoms with van der Waals surface area (Å²) in [6.07, 6.45) is 2.84. The first-order valence-electron chi connectivity index (χ1n) is 5.19. The van der Waals surface area contributed by atoms with Crippen molar-refractivity contribution in [2.24, 2.45) is 0 Å². The van der Waals surface area contributed by atoms with Gasteiger partial charge in [-0.3, -0.25) is 0 Å². The molecule has 0 bridgehead atoms. The Balaban J connectivity index is 2.02. The topological polar surface area (TPSA) is 38.1 Å². The van der Waals surface area contributed by atoms with Crippen molar-refractivity contribution in [2.45, 2.75) is 19.9 Å². The van der Waals surface area contributed by atoms with Gasteiger partial charge < -0.3 is 9.73 Å². The fraction of sp³-hybridized carbons (Fsp3) is 0.364. The molecule has 0 atom stereocenters. The summed E-state index contributed by atoms with van der Waals surface area (Å²) >= 11 is 5.06. The number of nitrogens with one attached hydrogen (secondary N) is 1. The maximum atomic E-state index is 5.43. The van der Waals surface area contributed by atoms with Crippen LogP contribution in [0.15, 0.2) is 25.9 Å². The van der Waals surface area contributed by atoms with E-state index in [0.29, 0.717) is 5.89 Å². The van der Waals surface area contributed by atoms with Crippen molar-refractivity contribution < 1.29 is 4.42 Å². The second-order valence-electron chi connectivity index (χ2n) is 3.46. The van der Waals surface area contributed by atoms with Crippen LogP contribution >= 0.6 is 27.3 Å². The van der Waals surface area contributed by atoms with Crippen molar-refractivity contribution in [2.75, 3.05) is 6.54 Å². The van der Waals surface area contributed by atoms with E-state index < -0.39 is 0 Å². The normalized spacial score (nSPS) is 10.9. The molecule has 0 unspecified atom stereocenters. The van der Waals surface area contributed by atoms with Crippen LogP contribution in [0.3, 0.4) is 0 Å². The van der Waals surface area contributed by atoms with Gasteiger partial charge in [-0.25, -0.2) is 4.98 Å². The number of hydrogen-bond acceptors (Lipinski definition) is 4. The third kappa shape index (κ3) is 2.93. The van der Waals surface area contributed by atoms with Gasteiger partial charge in [0.15, 0.2) is 0 Å². The van der Waals surface area contributed by atoms with Crippen molar-refractivity contribution in [3.8, 4) is 11.5 Å². The molecule has 0 fully saturated rings. The Labute approximate surface area is 107 Å². The summed E-state index contributed by atoms with van der Waals surface area (Å²) in [4.78, 5) is 4.42. The van der Waals surface area contributed by atoms with Crippen molar-refractivity contribution in [1.82, 2.24) is 10.3 Å². The molecule has 16 heavy (non-hydrogen) atoms. The lowest BCUT2D eigenvalue weighted by molar-refractivity contribution is 0.570. The van der Waals surface area contributed by atoms with E-state index in [1.807, 2.05) is 11.4 Å². The van der Waals surface area contributed by atoms with Crippen LogP contribution in [0.5, 0.6) is 0 Å². The highest BCUT2D eigenvalue weighted by molar-refractivity contribution is 9.11. The second-order valence-corrected chi connectivity index (χ2v) is 5.75. The Kier molecular flexibility index (Phi) is 4.15. The molecule has 0 saturated carbocycles. The van der Waals surface area contributed by atoms with Crippen molar-refractivity contribution in [3.05, 3.63) is 27.2 Å². The van der Waals surface area contributed by atoms with Gasteiger partial charge in [0.2, 0.25) is 5.89 Å². The molecule has 1 N–H and O–H groups in total. The molecule has 0 aliphatic carbocycles. The summed E-state index contributed by atoms with van der Waals surface area (Å²) in [6.45, 7) is 3.92. The molecule has 86 valence electrons. The molecular formula is C11H13BrN2OS. The molecular weight excluding hydrogens is 288 g/mol. The van der Waals surface area contributed by atoms with E-state index in [-0.39, 0.29) is 0 Å². The number of thiophene rings is 1. The zero-order valence-corrected chi connectivity index (χ0v) is 11.4. The smallest absolute Gasteiger partial charge is 0.227 e. The van der Waals surface area contributed by atoms with Gasteiger partial charge in [-0.2, -0.15) is 0 Å². The molecule has 2 heterocycles. The fourth-order valence-corrected chi connectivity index (χ4v) is 2.47. The van der Waals surface area contributed by atoms with Gasteiger partial charge in [0.05, 0.1) is 9.48 Å². The van der Waals surface area contributed by atoms with Crippen LogP contribution in [0.1, 0.15) is 19.0 Å². The Morgan fingerprint density at radius 3 is 3.12 bits per heavy atom. The maximum Gasteiger partial charge on any atom is 0.227 e. The van der Waals surface area contributed by atoms with Crippen LogP contribution in [0, 0.1) is 0 Å². The molecule has 2 aromatic rings. The van der Waals surface area contributed by atoms with Crippen LogP contribution in [0.4, 0.5) is 0 Å². The number of hydrogen-bond donors (Lipinski definition) is 1. The van der Waals surface area contributed by atoms with E-state index in [9.17, 15) is 0 Å². The minimum absolute atomic E-state index is 0.690. The summed E-state index contributed by atoms with van der Waals surface area (Å²) in [6, 6.07) is 2.01. The molecule has 5 heteroatoms. The van der Waals surface area contributed by atoms with Crippen LogP contribution in [-0.4, -0.2) is 11.5 Å². The predicted molar refractivity (Wildman–Crippen MR) is 69.5 cm³/mol. The van der Waals surface area contributed by atoms with E-state index in [0.717, 1.165) is 34.6 Å². The zero-order valence-electron chi connectivity index (χ0n) is 9.00. The largest absolute Gasteiger partial charge is 0.444 e. The molecule has 3 nitrogen and oxygen atoms in total. The Morgan fingerprint density at radius 2 is 2.44 bits per heavy atom. The van der Waals surface area contributed by atoms with E-state index in [1.165, 1.54) is 0 Å². The van der Waals surface area contributed by atoms with Gasteiger partial charge in [0.1, 0.15) is 6.26 Å². The number of halogens is 1. The highest BCUT2D eigenvalue weighted by Crippen LogP contribution is 2.28. The second kappa shape index (κ2) is 5.61. The Bertz CT molecular complexity index is 452. The average molecular weight is 301 g/mol. The molecule has 0 spiro atoms. The van der Waals surface area contributed by atoms with E-state index in [1.54, 1.807) is 17.6 Å². The third-order valence-electron chi connectivity index (χ3n) is 2.10. The molecule has 0 aliphatic rings. The standard InChI is InChI=1S/C11H13BrN2OS/c1-2-3-13-5-9-6-15-11(14-9)8-4-10(12)16-7-8/h4,6-7,13H,2-3,5H2,1H3. The predicted octanol–water partition coefficient (Wildman–Crippen LogP) is 3.67. The van der Waals surface area contributed by atoms with Crippen LogP contribution < -0.4 is 5.32 Å². The monoisotopic (exact) mass is 300 g/mol. The minimum atomic E-state index is 0.690. The first kappa shape index (κ1) is 11.8. The van der Waals surface area contributed by atoms with Crippen LogP contribution in [0.25, 0.3) is 11.5 Å². The number of rotatable bonds is 5. The molecule has 0 radical (unpaired) electrons. The number of nitrogens with zero attached hydrogens (tertiary/aromatic N) is 1. The third-order valence-corrected chi connectivity index (χ3v) is 3.60. The lowest BCUT2D eigenvalue weighted by Gasteiger charge is -1.96. The minimum Gasteiger partial charge on any atom is -0.444 e. The first-order chi connectivity index (χ1) is 7.79. The first-order valence-corrected chi connectivity index (χ1v) is 6.86. The van der Waals surface area contributed by atoms with Gasteiger partial charge in [-0.15, -0.1) is 11.3 Å². The van der Waals surface area contributed by atoms with Crippen LogP contribution in [-0.2, 0) is 6.54 Å². The van der Waals surface area contributed by atoms with E-state index in [4.69, 9.17) is 4.42 Å². The van der Waals surface area contributed by atoms with Crippen molar-refractivity contribution >= 4 is 27.3 Å². The molecule has 2 rings (SSSR count). The van der Waals surface area contributed by atoms with Gasteiger partial charge in [0, 0.05) is 17.5 Å². The van der Waals surface area contributed by atoms with Gasteiger partial charge >= 0.3 is 0 Å². The highest BCUT2D eigenvalue weighted by atomic mass is 79.9. The number of aromatic nitrogens is 1. The Morgan fingerprint density at radius 1 is 1.56 bits per heavy atom. The molecule has 0 amide bonds. The molecule has 2 aromatic heterocycles. The summed E-state index contributed by atoms with van der Waals surface area (Å²) in [5, 5.41) is 5.32.